The van der Waals surface area contributed by atoms with Crippen molar-refractivity contribution in [3.05, 3.63) is 95.2 Å². The van der Waals surface area contributed by atoms with Crippen molar-refractivity contribution in [3.8, 4) is 0 Å². The highest BCUT2D eigenvalue weighted by atomic mass is 16.2. The average molecular weight is 519 g/mol. The quantitative estimate of drug-likeness (QED) is 0.281. The Balaban J connectivity index is 1.36. The maximum absolute atomic E-state index is 14.2. The van der Waals surface area contributed by atoms with E-state index in [2.05, 4.69) is 15.6 Å². The van der Waals surface area contributed by atoms with Crippen molar-refractivity contribution in [2.75, 3.05) is 10.2 Å². The van der Waals surface area contributed by atoms with Gasteiger partial charge in [-0.1, -0.05) is 35.9 Å². The molecular formula is C31H26N4O4. The number of imide groups is 1. The van der Waals surface area contributed by atoms with Crippen LogP contribution in [0.5, 0.6) is 0 Å². The molecule has 8 nitrogen and oxygen atoms in total. The second-order valence-electron chi connectivity index (χ2n) is 10.7. The van der Waals surface area contributed by atoms with Crippen LogP contribution in [-0.2, 0) is 26.3 Å². The van der Waals surface area contributed by atoms with Gasteiger partial charge in [0.05, 0.1) is 17.5 Å². The highest BCUT2D eigenvalue weighted by Gasteiger charge is 2.70. The van der Waals surface area contributed by atoms with Gasteiger partial charge in [-0.15, -0.1) is 0 Å². The van der Waals surface area contributed by atoms with Crippen LogP contribution in [0.1, 0.15) is 34.0 Å². The molecule has 3 aliphatic rings. The van der Waals surface area contributed by atoms with Gasteiger partial charge in [0.25, 0.3) is 0 Å². The second-order valence-corrected chi connectivity index (χ2v) is 10.7. The van der Waals surface area contributed by atoms with Crippen molar-refractivity contribution in [2.45, 2.75) is 31.8 Å². The molecule has 0 bridgehead atoms. The molecular weight excluding hydrogens is 492 g/mol. The number of aromatic nitrogens is 1. The molecule has 8 heteroatoms. The van der Waals surface area contributed by atoms with Gasteiger partial charge in [0.15, 0.2) is 5.78 Å². The van der Waals surface area contributed by atoms with Crippen LogP contribution in [0.3, 0.4) is 0 Å². The van der Waals surface area contributed by atoms with E-state index in [4.69, 9.17) is 0 Å². The first-order valence-corrected chi connectivity index (χ1v) is 13.0. The standard InChI is InChI=1S/C31H26N4O4/c1-16-7-12-24-22(13-16)31(30(39)33-24)27-26(25(34-31)14-19-15-32-23-6-4-3-5-21(19)23)28(37)35(29(27)38)20-10-8-18(9-11-20)17(2)36/h3-13,15,25-27,32,34H,14H2,1-2H3,(H,33,39)/t25-,26+,27-,31+/m0/s1. The highest BCUT2D eigenvalue weighted by Crippen LogP contribution is 2.54. The number of carbonyl (C=O) groups excluding carboxylic acids is 4. The number of Topliss-reactive ketones (excluding diaryl/α,β-unsaturated/α-hetero) is 1. The monoisotopic (exact) mass is 518 g/mol. The minimum absolute atomic E-state index is 0.103. The van der Waals surface area contributed by atoms with Crippen LogP contribution in [0, 0.1) is 18.8 Å². The van der Waals surface area contributed by atoms with Gasteiger partial charge in [0.1, 0.15) is 5.54 Å². The van der Waals surface area contributed by atoms with Crippen LogP contribution in [-0.4, -0.2) is 34.5 Å². The molecule has 2 fully saturated rings. The maximum Gasteiger partial charge on any atom is 0.250 e. The Morgan fingerprint density at radius 2 is 1.74 bits per heavy atom. The third kappa shape index (κ3) is 3.21. The van der Waals surface area contributed by atoms with Gasteiger partial charge in [-0.3, -0.25) is 24.5 Å². The van der Waals surface area contributed by atoms with E-state index in [0.717, 1.165) is 22.0 Å². The van der Waals surface area contributed by atoms with Crippen LogP contribution < -0.4 is 15.5 Å². The number of aryl methyl sites for hydroxylation is 1. The number of aromatic amines is 1. The molecule has 194 valence electrons. The van der Waals surface area contributed by atoms with E-state index < -0.39 is 29.3 Å². The van der Waals surface area contributed by atoms with E-state index in [0.29, 0.717) is 28.9 Å². The summed E-state index contributed by atoms with van der Waals surface area (Å²) in [4.78, 5) is 58.4. The van der Waals surface area contributed by atoms with Crippen molar-refractivity contribution >= 4 is 45.8 Å². The molecule has 4 heterocycles. The van der Waals surface area contributed by atoms with Gasteiger partial charge >= 0.3 is 0 Å². The van der Waals surface area contributed by atoms with Crippen LogP contribution >= 0.6 is 0 Å². The third-order valence-corrected chi connectivity index (χ3v) is 8.52. The maximum atomic E-state index is 14.2. The van der Waals surface area contributed by atoms with E-state index in [1.54, 1.807) is 24.3 Å². The van der Waals surface area contributed by atoms with Crippen molar-refractivity contribution < 1.29 is 19.2 Å². The van der Waals surface area contributed by atoms with Gasteiger partial charge in [0, 0.05) is 40.0 Å². The van der Waals surface area contributed by atoms with Gasteiger partial charge in [0.2, 0.25) is 17.7 Å². The molecule has 0 saturated carbocycles. The molecule has 0 aliphatic carbocycles. The van der Waals surface area contributed by atoms with E-state index in [9.17, 15) is 19.2 Å². The van der Waals surface area contributed by atoms with E-state index >= 15 is 0 Å². The van der Waals surface area contributed by atoms with Gasteiger partial charge in [-0.2, -0.15) is 0 Å². The predicted octanol–water partition coefficient (Wildman–Crippen LogP) is 3.85. The fourth-order valence-electron chi connectivity index (χ4n) is 6.73. The molecule has 1 aromatic heterocycles. The summed E-state index contributed by atoms with van der Waals surface area (Å²) < 4.78 is 0. The lowest BCUT2D eigenvalue weighted by Gasteiger charge is -2.29. The number of amides is 3. The Kier molecular flexibility index (Phi) is 4.96. The molecule has 7 rings (SSSR count). The zero-order valence-electron chi connectivity index (χ0n) is 21.4. The van der Waals surface area contributed by atoms with Crippen LogP contribution in [0.25, 0.3) is 10.9 Å². The molecule has 1 spiro atoms. The number of hydrogen-bond acceptors (Lipinski definition) is 5. The zero-order valence-corrected chi connectivity index (χ0v) is 21.4. The summed E-state index contributed by atoms with van der Waals surface area (Å²) in [6.07, 6.45) is 2.39. The molecule has 0 unspecified atom stereocenters. The fourth-order valence-corrected chi connectivity index (χ4v) is 6.73. The summed E-state index contributed by atoms with van der Waals surface area (Å²) in [7, 11) is 0. The molecule has 4 aromatic rings. The number of nitrogens with zero attached hydrogens (tertiary/aromatic N) is 1. The summed E-state index contributed by atoms with van der Waals surface area (Å²) in [5, 5.41) is 7.52. The van der Waals surface area contributed by atoms with Crippen LogP contribution in [0.15, 0.2) is 72.9 Å². The lowest BCUT2D eigenvalue weighted by molar-refractivity contribution is -0.130. The Morgan fingerprint density at radius 3 is 2.51 bits per heavy atom. The van der Waals surface area contributed by atoms with Crippen LogP contribution in [0.2, 0.25) is 0 Å². The molecule has 2 saturated heterocycles. The number of H-pyrrole nitrogens is 1. The topological polar surface area (TPSA) is 111 Å². The number of hydrogen-bond donors (Lipinski definition) is 3. The lowest BCUT2D eigenvalue weighted by Crippen LogP contribution is -2.53. The predicted molar refractivity (Wildman–Crippen MR) is 146 cm³/mol. The first-order chi connectivity index (χ1) is 18.8. The summed E-state index contributed by atoms with van der Waals surface area (Å²) in [6, 6.07) is 19.6. The van der Waals surface area contributed by atoms with Crippen molar-refractivity contribution in [1.29, 1.82) is 0 Å². The number of ketones is 1. The SMILES string of the molecule is CC(=O)c1ccc(N2C(=O)[C@@H]3[C@H](Cc4c[nH]c5ccccc45)N[C@@]4(C(=O)Nc5ccc(C)cc54)[C@@H]3C2=O)cc1. The molecule has 3 N–H and O–H groups in total. The minimum atomic E-state index is -1.37. The Bertz CT molecular complexity index is 1720. The molecule has 39 heavy (non-hydrogen) atoms. The van der Waals surface area contributed by atoms with Crippen molar-refractivity contribution in [3.63, 3.8) is 0 Å². The number of benzene rings is 3. The first kappa shape index (κ1) is 23.5. The number of fused-ring (bicyclic) bond motifs is 5. The van der Waals surface area contributed by atoms with Crippen molar-refractivity contribution in [1.82, 2.24) is 10.3 Å². The normalized spacial score (nSPS) is 25.4. The minimum Gasteiger partial charge on any atom is -0.361 e. The number of carbonyl (C=O) groups is 4. The number of para-hydroxylation sites is 1. The highest BCUT2D eigenvalue weighted by molar-refractivity contribution is 6.26. The van der Waals surface area contributed by atoms with E-state index in [-0.39, 0.29) is 17.6 Å². The lowest BCUT2D eigenvalue weighted by atomic mass is 9.76. The van der Waals surface area contributed by atoms with Crippen molar-refractivity contribution in [2.24, 2.45) is 11.8 Å². The third-order valence-electron chi connectivity index (χ3n) is 8.52. The second kappa shape index (κ2) is 8.22. The number of nitrogens with one attached hydrogen (secondary N) is 3. The zero-order chi connectivity index (χ0) is 27.1. The molecule has 4 atom stereocenters. The van der Waals surface area contributed by atoms with Gasteiger partial charge in [-0.05, 0) is 62.2 Å². The molecule has 3 amide bonds. The molecule has 0 radical (unpaired) electrons. The number of anilines is 2. The molecule has 3 aromatic carbocycles. The van der Waals surface area contributed by atoms with E-state index in [1.165, 1.54) is 11.8 Å². The largest absolute Gasteiger partial charge is 0.361 e. The molecule has 3 aliphatic heterocycles. The first-order valence-electron chi connectivity index (χ1n) is 13.0. The Labute approximate surface area is 224 Å². The Morgan fingerprint density at radius 1 is 0.974 bits per heavy atom. The summed E-state index contributed by atoms with van der Waals surface area (Å²) in [5.41, 5.74) is 3.80. The summed E-state index contributed by atoms with van der Waals surface area (Å²) in [5.74, 6) is -2.86. The summed E-state index contributed by atoms with van der Waals surface area (Å²) >= 11 is 0. The number of rotatable bonds is 4. The van der Waals surface area contributed by atoms with Gasteiger partial charge in [-0.25, -0.2) is 4.90 Å². The summed E-state index contributed by atoms with van der Waals surface area (Å²) in [6.45, 7) is 3.41. The average Bonchev–Trinajstić information content (AvgIpc) is 3.63. The van der Waals surface area contributed by atoms with Gasteiger partial charge < -0.3 is 10.3 Å². The fraction of sp³-hybridized carbons (Fsp3) is 0.226. The Hall–Kier alpha value is -4.56. The van der Waals surface area contributed by atoms with E-state index in [1.807, 2.05) is 55.6 Å². The van der Waals surface area contributed by atoms with Crippen LogP contribution in [0.4, 0.5) is 11.4 Å². The smallest absolute Gasteiger partial charge is 0.250 e.